The van der Waals surface area contributed by atoms with Gasteiger partial charge in [-0.25, -0.2) is 13.9 Å². The molecule has 1 N–H and O–H groups in total. The monoisotopic (exact) mass is 381 g/mol. The number of ether oxygens (including phenoxy) is 1. The van der Waals surface area contributed by atoms with Crippen molar-refractivity contribution in [2.24, 2.45) is 0 Å². The molecule has 0 saturated heterocycles. The molecule has 3 aromatic rings. The molecule has 1 amide bonds. The Morgan fingerprint density at radius 3 is 2.43 bits per heavy atom. The van der Waals surface area contributed by atoms with Crippen molar-refractivity contribution in [1.82, 2.24) is 9.78 Å². The number of anilines is 1. The molecule has 8 heteroatoms. The Bertz CT molecular complexity index is 1110. The molecular weight excluding hydrogens is 365 g/mol. The van der Waals surface area contributed by atoms with Crippen molar-refractivity contribution in [3.8, 4) is 11.4 Å². The lowest BCUT2D eigenvalue weighted by Crippen LogP contribution is -2.26. The van der Waals surface area contributed by atoms with Gasteiger partial charge in [0, 0.05) is 24.4 Å². The van der Waals surface area contributed by atoms with Crippen molar-refractivity contribution in [2.75, 3.05) is 5.32 Å². The summed E-state index contributed by atoms with van der Waals surface area (Å²) in [6, 6.07) is 13.1. The topological polar surface area (TPSA) is 90.3 Å². The number of carbonyl (C=O) groups excluding carboxylic acids is 2. The van der Waals surface area contributed by atoms with Crippen LogP contribution >= 0.6 is 0 Å². The first kappa shape index (κ1) is 19.0. The van der Waals surface area contributed by atoms with Gasteiger partial charge < -0.3 is 10.1 Å². The van der Waals surface area contributed by atoms with Gasteiger partial charge in [-0.2, -0.15) is 5.10 Å². The lowest BCUT2D eigenvalue weighted by Gasteiger charge is -2.11. The molecule has 0 aliphatic heterocycles. The van der Waals surface area contributed by atoms with Crippen LogP contribution in [0.25, 0.3) is 5.69 Å². The average molecular weight is 381 g/mol. The highest BCUT2D eigenvalue weighted by Gasteiger charge is 2.18. The first-order valence-electron chi connectivity index (χ1n) is 8.31. The fourth-order valence-corrected chi connectivity index (χ4v) is 2.52. The fourth-order valence-electron chi connectivity index (χ4n) is 2.52. The smallest absolute Gasteiger partial charge is 0.368 e. The van der Waals surface area contributed by atoms with Gasteiger partial charge in [-0.3, -0.25) is 9.59 Å². The van der Waals surface area contributed by atoms with Gasteiger partial charge in [0.1, 0.15) is 17.3 Å². The highest BCUT2D eigenvalue weighted by Crippen LogP contribution is 2.17. The molecule has 2 aromatic carbocycles. The standard InChI is InChI=1S/C20H16FN3O4/c1-12-11-18(26)19(23-24(12)17-6-4-3-5-16(17)21)20(27)28-15-9-7-14(8-10-15)22-13(2)25/h3-11H,1-2H3,(H,22,25). The SMILES string of the molecule is CC(=O)Nc1ccc(OC(=O)c2nn(-c3ccccc3F)c(C)cc2=O)cc1. The Kier molecular flexibility index (Phi) is 5.30. The van der Waals surface area contributed by atoms with Gasteiger partial charge in [-0.15, -0.1) is 0 Å². The number of benzene rings is 2. The number of nitrogens with one attached hydrogen (secondary N) is 1. The number of nitrogens with zero attached hydrogens (tertiary/aromatic N) is 2. The zero-order valence-corrected chi connectivity index (χ0v) is 15.1. The Hall–Kier alpha value is -3.81. The molecule has 0 radical (unpaired) electrons. The second-order valence-corrected chi connectivity index (χ2v) is 5.96. The highest BCUT2D eigenvalue weighted by molar-refractivity contribution is 5.90. The van der Waals surface area contributed by atoms with Crippen molar-refractivity contribution in [3.05, 3.63) is 82.0 Å². The van der Waals surface area contributed by atoms with Crippen LogP contribution in [-0.4, -0.2) is 21.7 Å². The van der Waals surface area contributed by atoms with E-state index in [1.54, 1.807) is 25.1 Å². The van der Waals surface area contributed by atoms with Crippen LogP contribution < -0.4 is 15.5 Å². The minimum atomic E-state index is -0.970. The van der Waals surface area contributed by atoms with Crippen LogP contribution in [0.3, 0.4) is 0 Å². The van der Waals surface area contributed by atoms with Crippen molar-refractivity contribution in [1.29, 1.82) is 0 Å². The van der Waals surface area contributed by atoms with Crippen LogP contribution in [0.1, 0.15) is 23.1 Å². The van der Waals surface area contributed by atoms with Gasteiger partial charge in [0.15, 0.2) is 0 Å². The molecular formula is C20H16FN3O4. The second kappa shape index (κ2) is 7.83. The Morgan fingerprint density at radius 2 is 1.79 bits per heavy atom. The largest absolute Gasteiger partial charge is 0.422 e. The van der Waals surface area contributed by atoms with E-state index < -0.39 is 22.9 Å². The molecule has 0 aliphatic rings. The minimum Gasteiger partial charge on any atom is -0.422 e. The summed E-state index contributed by atoms with van der Waals surface area (Å²) in [7, 11) is 0. The molecule has 7 nitrogen and oxygen atoms in total. The predicted molar refractivity (Wildman–Crippen MR) is 100 cm³/mol. The number of halogens is 1. The number of aromatic nitrogens is 2. The quantitative estimate of drug-likeness (QED) is 0.554. The maximum Gasteiger partial charge on any atom is 0.368 e. The van der Waals surface area contributed by atoms with Gasteiger partial charge in [0.25, 0.3) is 0 Å². The molecule has 0 bridgehead atoms. The number of amides is 1. The van der Waals surface area contributed by atoms with Crippen LogP contribution in [0.4, 0.5) is 10.1 Å². The molecule has 0 atom stereocenters. The highest BCUT2D eigenvalue weighted by atomic mass is 19.1. The first-order chi connectivity index (χ1) is 13.3. The number of hydrogen-bond donors (Lipinski definition) is 1. The van der Waals surface area contributed by atoms with E-state index in [-0.39, 0.29) is 17.3 Å². The van der Waals surface area contributed by atoms with E-state index >= 15 is 0 Å². The summed E-state index contributed by atoms with van der Waals surface area (Å²) in [5, 5.41) is 6.57. The van der Waals surface area contributed by atoms with E-state index in [0.717, 1.165) is 0 Å². The van der Waals surface area contributed by atoms with Gasteiger partial charge in [-0.1, -0.05) is 12.1 Å². The summed E-state index contributed by atoms with van der Waals surface area (Å²) in [4.78, 5) is 35.6. The van der Waals surface area contributed by atoms with Crippen LogP contribution in [-0.2, 0) is 4.79 Å². The number of para-hydroxylation sites is 1. The molecule has 28 heavy (non-hydrogen) atoms. The summed E-state index contributed by atoms with van der Waals surface area (Å²) >= 11 is 0. The van der Waals surface area contributed by atoms with Gasteiger partial charge in [0.05, 0.1) is 0 Å². The second-order valence-electron chi connectivity index (χ2n) is 5.96. The Balaban J connectivity index is 1.90. The molecule has 0 unspecified atom stereocenters. The number of aryl methyl sites for hydroxylation is 1. The third-order valence-corrected chi connectivity index (χ3v) is 3.77. The third kappa shape index (κ3) is 4.12. The molecule has 0 spiro atoms. The van der Waals surface area contributed by atoms with Crippen molar-refractivity contribution < 1.29 is 18.7 Å². The molecule has 0 aliphatic carbocycles. The molecule has 3 rings (SSSR count). The minimum absolute atomic E-state index is 0.105. The summed E-state index contributed by atoms with van der Waals surface area (Å²) in [5.74, 6) is -1.59. The molecule has 1 heterocycles. The van der Waals surface area contributed by atoms with Crippen molar-refractivity contribution in [2.45, 2.75) is 13.8 Å². The molecule has 142 valence electrons. The van der Waals surface area contributed by atoms with E-state index in [4.69, 9.17) is 4.74 Å². The number of hydrogen-bond acceptors (Lipinski definition) is 5. The third-order valence-electron chi connectivity index (χ3n) is 3.77. The van der Waals surface area contributed by atoms with Crippen molar-refractivity contribution in [3.63, 3.8) is 0 Å². The van der Waals surface area contributed by atoms with Crippen LogP contribution in [0.5, 0.6) is 5.75 Å². The van der Waals surface area contributed by atoms with Crippen LogP contribution in [0.15, 0.2) is 59.4 Å². The summed E-state index contributed by atoms with van der Waals surface area (Å²) in [5.41, 5.74) is -0.104. The van der Waals surface area contributed by atoms with E-state index in [0.29, 0.717) is 11.4 Å². The van der Waals surface area contributed by atoms with E-state index in [9.17, 15) is 18.8 Å². The molecule has 0 saturated carbocycles. The van der Waals surface area contributed by atoms with Crippen molar-refractivity contribution >= 4 is 17.6 Å². The summed E-state index contributed by atoms with van der Waals surface area (Å²) in [6.07, 6.45) is 0. The number of rotatable bonds is 4. The molecule has 0 fully saturated rings. The predicted octanol–water partition coefficient (Wildman–Crippen LogP) is 2.86. The van der Waals surface area contributed by atoms with E-state index in [1.807, 2.05) is 0 Å². The first-order valence-corrected chi connectivity index (χ1v) is 8.31. The average Bonchev–Trinajstić information content (AvgIpc) is 2.64. The maximum atomic E-state index is 14.1. The van der Waals surface area contributed by atoms with Crippen LogP contribution in [0, 0.1) is 12.7 Å². The number of carbonyl (C=O) groups is 2. The Labute approximate surface area is 159 Å². The lowest BCUT2D eigenvalue weighted by atomic mass is 10.2. The summed E-state index contributed by atoms with van der Waals surface area (Å²) in [6.45, 7) is 2.95. The zero-order valence-electron chi connectivity index (χ0n) is 15.1. The normalized spacial score (nSPS) is 10.4. The molecule has 1 aromatic heterocycles. The van der Waals surface area contributed by atoms with E-state index in [2.05, 4.69) is 10.4 Å². The summed E-state index contributed by atoms with van der Waals surface area (Å²) < 4.78 is 20.4. The Morgan fingerprint density at radius 1 is 1.11 bits per heavy atom. The zero-order chi connectivity index (χ0) is 20.3. The lowest BCUT2D eigenvalue weighted by molar-refractivity contribution is -0.114. The van der Waals surface area contributed by atoms with Gasteiger partial charge in [0.2, 0.25) is 17.0 Å². The van der Waals surface area contributed by atoms with Gasteiger partial charge >= 0.3 is 5.97 Å². The van der Waals surface area contributed by atoms with Crippen LogP contribution in [0.2, 0.25) is 0 Å². The van der Waals surface area contributed by atoms with Gasteiger partial charge in [-0.05, 0) is 43.3 Å². The van der Waals surface area contributed by atoms with E-state index in [1.165, 1.54) is 48.0 Å². The number of esters is 1. The fraction of sp³-hybridized carbons (Fsp3) is 0.100. The maximum absolute atomic E-state index is 14.1.